The summed E-state index contributed by atoms with van der Waals surface area (Å²) in [6.45, 7) is 7.53. The van der Waals surface area contributed by atoms with E-state index in [9.17, 15) is 4.79 Å². The topological polar surface area (TPSA) is 86.3 Å². The first-order chi connectivity index (χ1) is 12.6. The molecule has 0 unspecified atom stereocenters. The van der Waals surface area contributed by atoms with Crippen LogP contribution in [0.1, 0.15) is 48.2 Å². The Bertz CT molecular complexity index is 852. The molecule has 0 bridgehead atoms. The Labute approximate surface area is 152 Å². The average Bonchev–Trinajstić information content (AvgIpc) is 3.23. The number of hydrogen-bond acceptors (Lipinski definition) is 5. The van der Waals surface area contributed by atoms with E-state index in [1.54, 1.807) is 16.9 Å². The number of ether oxygens (including phenoxy) is 1. The predicted molar refractivity (Wildman–Crippen MR) is 96.9 cm³/mol. The lowest BCUT2D eigenvalue weighted by molar-refractivity contribution is 0.0917. The van der Waals surface area contributed by atoms with Crippen LogP contribution in [0.4, 0.5) is 0 Å². The van der Waals surface area contributed by atoms with Gasteiger partial charge in [-0.25, -0.2) is 9.97 Å². The molecule has 0 saturated heterocycles. The van der Waals surface area contributed by atoms with E-state index in [0.717, 1.165) is 17.8 Å². The van der Waals surface area contributed by atoms with Gasteiger partial charge in [0, 0.05) is 25.2 Å². The Morgan fingerprint density at radius 1 is 1.38 bits per heavy atom. The highest BCUT2D eigenvalue weighted by atomic mass is 16.5. The Balaban J connectivity index is 1.77. The van der Waals surface area contributed by atoms with Gasteiger partial charge in [-0.3, -0.25) is 13.9 Å². The van der Waals surface area contributed by atoms with Gasteiger partial charge >= 0.3 is 0 Å². The van der Waals surface area contributed by atoms with Crippen molar-refractivity contribution in [3.05, 3.63) is 47.8 Å². The number of carbonyl (C=O) groups excluding carboxylic acids is 1. The van der Waals surface area contributed by atoms with E-state index in [-0.39, 0.29) is 11.9 Å². The number of amides is 1. The molecule has 8 heteroatoms. The molecule has 3 aromatic rings. The maximum absolute atomic E-state index is 12.8. The fraction of sp³-hybridized carbons (Fsp3) is 0.444. The van der Waals surface area contributed by atoms with E-state index < -0.39 is 0 Å². The summed E-state index contributed by atoms with van der Waals surface area (Å²) in [4.78, 5) is 21.5. The van der Waals surface area contributed by atoms with Crippen LogP contribution in [-0.2, 0) is 11.3 Å². The highest BCUT2D eigenvalue weighted by Crippen LogP contribution is 2.17. The van der Waals surface area contributed by atoms with E-state index >= 15 is 0 Å². The van der Waals surface area contributed by atoms with E-state index in [0.29, 0.717) is 31.2 Å². The number of carbonyl (C=O) groups is 1. The minimum atomic E-state index is -0.195. The van der Waals surface area contributed by atoms with Crippen LogP contribution in [-0.4, -0.2) is 43.3 Å². The average molecular weight is 356 g/mol. The molecule has 3 rings (SSSR count). The highest BCUT2D eigenvalue weighted by Gasteiger charge is 2.20. The van der Waals surface area contributed by atoms with E-state index in [2.05, 4.69) is 20.4 Å². The Kier molecular flexibility index (Phi) is 5.62. The molecule has 1 N–H and O–H groups in total. The normalized spacial score (nSPS) is 12.4. The van der Waals surface area contributed by atoms with Crippen molar-refractivity contribution in [2.45, 2.75) is 39.8 Å². The summed E-state index contributed by atoms with van der Waals surface area (Å²) < 4.78 is 8.92. The summed E-state index contributed by atoms with van der Waals surface area (Å²) in [6.07, 6.45) is 6.21. The van der Waals surface area contributed by atoms with E-state index in [1.807, 2.05) is 43.6 Å². The van der Waals surface area contributed by atoms with Crippen LogP contribution in [0.2, 0.25) is 0 Å². The van der Waals surface area contributed by atoms with Crippen molar-refractivity contribution in [1.29, 1.82) is 0 Å². The minimum absolute atomic E-state index is 0.168. The van der Waals surface area contributed by atoms with Gasteiger partial charge in [-0.05, 0) is 32.4 Å². The van der Waals surface area contributed by atoms with Crippen molar-refractivity contribution < 1.29 is 9.53 Å². The van der Waals surface area contributed by atoms with Gasteiger partial charge in [0.1, 0.15) is 5.69 Å². The fourth-order valence-corrected chi connectivity index (χ4v) is 2.83. The highest BCUT2D eigenvalue weighted by molar-refractivity contribution is 5.93. The zero-order chi connectivity index (χ0) is 18.5. The summed E-state index contributed by atoms with van der Waals surface area (Å²) in [7, 11) is 0. The third kappa shape index (κ3) is 3.91. The summed E-state index contributed by atoms with van der Waals surface area (Å²) in [5.41, 5.74) is 2.12. The van der Waals surface area contributed by atoms with Crippen LogP contribution in [0.3, 0.4) is 0 Å². The predicted octanol–water partition coefficient (Wildman–Crippen LogP) is 2.15. The molecule has 0 aliphatic heterocycles. The quantitative estimate of drug-likeness (QED) is 0.625. The molecule has 0 saturated carbocycles. The first-order valence-electron chi connectivity index (χ1n) is 8.85. The van der Waals surface area contributed by atoms with Crippen molar-refractivity contribution in [3.63, 3.8) is 0 Å². The Morgan fingerprint density at radius 3 is 2.96 bits per heavy atom. The Hall–Kier alpha value is -2.74. The molecule has 0 radical (unpaired) electrons. The molecule has 0 aliphatic rings. The lowest BCUT2D eigenvalue weighted by Gasteiger charge is -2.15. The lowest BCUT2D eigenvalue weighted by atomic mass is 10.1. The molecule has 0 spiro atoms. The van der Waals surface area contributed by atoms with Gasteiger partial charge in [0.15, 0.2) is 0 Å². The molecule has 3 aromatic heterocycles. The van der Waals surface area contributed by atoms with Crippen LogP contribution >= 0.6 is 0 Å². The molecule has 8 nitrogen and oxygen atoms in total. The maximum atomic E-state index is 12.8. The number of nitrogens with zero attached hydrogens (tertiary/aromatic N) is 5. The number of hydrogen-bond donors (Lipinski definition) is 1. The second kappa shape index (κ2) is 8.09. The lowest BCUT2D eigenvalue weighted by Crippen LogP contribution is -2.30. The number of fused-ring (bicyclic) bond motifs is 1. The number of rotatable bonds is 8. The molecular formula is C18H24N6O2. The van der Waals surface area contributed by atoms with Gasteiger partial charge in [-0.2, -0.15) is 5.10 Å². The van der Waals surface area contributed by atoms with Crippen LogP contribution < -0.4 is 5.32 Å². The fourth-order valence-electron chi connectivity index (χ4n) is 2.83. The van der Waals surface area contributed by atoms with Gasteiger partial charge in [-0.1, -0.05) is 6.92 Å². The molecular weight excluding hydrogens is 332 g/mol. The largest absolute Gasteiger partial charge is 0.380 e. The summed E-state index contributed by atoms with van der Waals surface area (Å²) in [5, 5.41) is 7.45. The maximum Gasteiger partial charge on any atom is 0.270 e. The van der Waals surface area contributed by atoms with Gasteiger partial charge in [-0.15, -0.1) is 0 Å². The van der Waals surface area contributed by atoms with Gasteiger partial charge in [0.2, 0.25) is 5.78 Å². The van der Waals surface area contributed by atoms with Crippen molar-refractivity contribution in [3.8, 4) is 0 Å². The number of aromatic nitrogens is 5. The summed E-state index contributed by atoms with van der Waals surface area (Å²) >= 11 is 0. The van der Waals surface area contributed by atoms with Crippen LogP contribution in [0.25, 0.3) is 5.78 Å². The first-order valence-corrected chi connectivity index (χ1v) is 8.85. The third-order valence-electron chi connectivity index (χ3n) is 4.11. The van der Waals surface area contributed by atoms with Gasteiger partial charge in [0.05, 0.1) is 30.6 Å². The van der Waals surface area contributed by atoms with Crippen LogP contribution in [0, 0.1) is 6.92 Å². The molecule has 0 fully saturated rings. The molecule has 3 heterocycles. The van der Waals surface area contributed by atoms with Gasteiger partial charge in [0.25, 0.3) is 5.91 Å². The zero-order valence-electron chi connectivity index (χ0n) is 15.3. The molecule has 1 amide bonds. The monoisotopic (exact) mass is 356 g/mol. The molecule has 138 valence electrons. The summed E-state index contributed by atoms with van der Waals surface area (Å²) in [5.74, 6) is 0.451. The molecule has 26 heavy (non-hydrogen) atoms. The minimum Gasteiger partial charge on any atom is -0.380 e. The number of aryl methyl sites for hydroxylation is 1. The zero-order valence-corrected chi connectivity index (χ0v) is 15.3. The van der Waals surface area contributed by atoms with Crippen LogP contribution in [0.5, 0.6) is 0 Å². The van der Waals surface area contributed by atoms with E-state index in [1.165, 1.54) is 0 Å². The molecule has 0 aliphatic carbocycles. The van der Waals surface area contributed by atoms with E-state index in [4.69, 9.17) is 4.74 Å². The second-order valence-electron chi connectivity index (χ2n) is 6.02. The molecule has 1 atom stereocenters. The number of nitrogens with one attached hydrogen (secondary N) is 1. The first kappa shape index (κ1) is 18.1. The Morgan fingerprint density at radius 2 is 2.23 bits per heavy atom. The third-order valence-corrected chi connectivity index (χ3v) is 4.11. The van der Waals surface area contributed by atoms with Crippen molar-refractivity contribution in [2.75, 3.05) is 13.2 Å². The molecule has 0 aromatic carbocycles. The SMILES string of the molecule is CCOCCn1nc(C)cc1C(=O)N[C@@H](CC)c1cn2cccnc2n1. The van der Waals surface area contributed by atoms with Crippen LogP contribution in [0.15, 0.2) is 30.7 Å². The second-order valence-corrected chi connectivity index (χ2v) is 6.02. The number of imidazole rings is 1. The van der Waals surface area contributed by atoms with Gasteiger partial charge < -0.3 is 10.1 Å². The standard InChI is InChI=1S/C18H24N6O2/c1-4-14(15-12-23-8-6-7-19-18(23)21-15)20-17(25)16-11-13(3)22-24(16)9-10-26-5-2/h6-8,11-12,14H,4-5,9-10H2,1-3H3,(H,20,25)/t14-/m0/s1. The van der Waals surface area contributed by atoms with Crippen molar-refractivity contribution >= 4 is 11.7 Å². The van der Waals surface area contributed by atoms with Crippen molar-refractivity contribution in [1.82, 2.24) is 29.5 Å². The smallest absolute Gasteiger partial charge is 0.270 e. The summed E-state index contributed by atoms with van der Waals surface area (Å²) in [6, 6.07) is 3.44. The van der Waals surface area contributed by atoms with Crippen molar-refractivity contribution in [2.24, 2.45) is 0 Å².